The number of rotatable bonds is 7. The van der Waals surface area contributed by atoms with E-state index >= 15 is 0 Å². The molecule has 2 heterocycles. The smallest absolute Gasteiger partial charge is 0.194 e. The third-order valence-electron chi connectivity index (χ3n) is 5.97. The highest BCUT2D eigenvalue weighted by Gasteiger charge is 2.20. The van der Waals surface area contributed by atoms with Crippen molar-refractivity contribution in [3.8, 4) is 0 Å². The molecule has 0 saturated carbocycles. The average molecular weight is 529 g/mol. The Bertz CT molecular complexity index is 609. The largest absolute Gasteiger partial charge is 0.357 e. The van der Waals surface area contributed by atoms with E-state index in [1.165, 1.54) is 31.7 Å². The molecule has 2 saturated heterocycles. The van der Waals surface area contributed by atoms with E-state index < -0.39 is 0 Å². The maximum Gasteiger partial charge on any atom is 0.194 e. The second-order valence-electron chi connectivity index (χ2n) is 8.65. The lowest BCUT2D eigenvalue weighted by molar-refractivity contribution is 0.140. The number of guanidine groups is 1. The van der Waals surface area contributed by atoms with Crippen LogP contribution >= 0.6 is 24.0 Å². The molecule has 0 bridgehead atoms. The molecule has 0 radical (unpaired) electrons. The number of hydrogen-bond donors (Lipinski definition) is 1. The van der Waals surface area contributed by atoms with E-state index in [1.54, 1.807) is 0 Å². The van der Waals surface area contributed by atoms with Crippen molar-refractivity contribution in [1.82, 2.24) is 24.9 Å². The van der Waals surface area contributed by atoms with Crippen LogP contribution in [0, 0.1) is 5.92 Å². The highest BCUT2D eigenvalue weighted by molar-refractivity contribution is 14.0. The van der Waals surface area contributed by atoms with Gasteiger partial charge in [-0.15, -0.1) is 24.0 Å². The van der Waals surface area contributed by atoms with Crippen molar-refractivity contribution in [2.45, 2.75) is 20.4 Å². The van der Waals surface area contributed by atoms with Gasteiger partial charge in [0.05, 0.1) is 0 Å². The molecule has 2 fully saturated rings. The Labute approximate surface area is 200 Å². The van der Waals surface area contributed by atoms with Gasteiger partial charge in [0.1, 0.15) is 0 Å². The minimum atomic E-state index is 0. The molecule has 0 spiro atoms. The fourth-order valence-electron chi connectivity index (χ4n) is 4.16. The van der Waals surface area contributed by atoms with E-state index in [9.17, 15) is 0 Å². The number of piperazine rings is 2. The Kier molecular flexibility index (Phi) is 11.4. The minimum absolute atomic E-state index is 0. The molecule has 0 amide bonds. The SMILES string of the molecule is CCNC(=NCC(C)CN1CCN(C)CC1)N1CCN(Cc2ccccc2)CC1.I. The van der Waals surface area contributed by atoms with E-state index in [1.807, 2.05) is 0 Å². The van der Waals surface area contributed by atoms with Crippen molar-refractivity contribution in [3.05, 3.63) is 35.9 Å². The minimum Gasteiger partial charge on any atom is -0.357 e. The Morgan fingerprint density at radius 1 is 0.967 bits per heavy atom. The summed E-state index contributed by atoms with van der Waals surface area (Å²) in [7, 11) is 2.22. The summed E-state index contributed by atoms with van der Waals surface area (Å²) in [5.74, 6) is 1.68. The van der Waals surface area contributed by atoms with Crippen LogP contribution in [0.4, 0.5) is 0 Å². The summed E-state index contributed by atoms with van der Waals surface area (Å²) < 4.78 is 0. The van der Waals surface area contributed by atoms with Crippen LogP contribution in [0.5, 0.6) is 0 Å². The van der Waals surface area contributed by atoms with Crippen molar-refractivity contribution in [2.75, 3.05) is 79.0 Å². The molecular weight excluding hydrogens is 487 g/mol. The molecule has 1 unspecified atom stereocenters. The number of benzene rings is 1. The topological polar surface area (TPSA) is 37.4 Å². The first-order valence-electron chi connectivity index (χ1n) is 11.3. The number of aliphatic imine (C=N–C) groups is 1. The molecule has 1 aromatic carbocycles. The Morgan fingerprint density at radius 3 is 2.23 bits per heavy atom. The van der Waals surface area contributed by atoms with Crippen LogP contribution in [0.1, 0.15) is 19.4 Å². The Morgan fingerprint density at radius 2 is 1.60 bits per heavy atom. The van der Waals surface area contributed by atoms with Gasteiger partial charge in [-0.05, 0) is 25.5 Å². The quantitative estimate of drug-likeness (QED) is 0.334. The maximum absolute atomic E-state index is 5.00. The molecule has 2 aliphatic heterocycles. The van der Waals surface area contributed by atoms with Crippen molar-refractivity contribution in [1.29, 1.82) is 0 Å². The summed E-state index contributed by atoms with van der Waals surface area (Å²) in [4.78, 5) is 15.0. The summed E-state index contributed by atoms with van der Waals surface area (Å²) in [6.07, 6.45) is 0. The second kappa shape index (κ2) is 13.5. The average Bonchev–Trinajstić information content (AvgIpc) is 2.74. The number of nitrogens with zero attached hydrogens (tertiary/aromatic N) is 5. The van der Waals surface area contributed by atoms with Crippen molar-refractivity contribution >= 4 is 29.9 Å². The molecule has 3 rings (SSSR count). The lowest BCUT2D eigenvalue weighted by Crippen LogP contribution is -2.52. The molecular formula is C23H41IN6. The van der Waals surface area contributed by atoms with Gasteiger partial charge in [-0.2, -0.15) is 0 Å². The van der Waals surface area contributed by atoms with E-state index in [-0.39, 0.29) is 24.0 Å². The van der Waals surface area contributed by atoms with Crippen LogP contribution in [0.25, 0.3) is 0 Å². The van der Waals surface area contributed by atoms with Gasteiger partial charge in [0.2, 0.25) is 0 Å². The predicted octanol–water partition coefficient (Wildman–Crippen LogP) is 2.27. The molecule has 30 heavy (non-hydrogen) atoms. The third-order valence-corrected chi connectivity index (χ3v) is 5.97. The zero-order chi connectivity index (χ0) is 20.5. The van der Waals surface area contributed by atoms with Gasteiger partial charge in [-0.1, -0.05) is 37.3 Å². The van der Waals surface area contributed by atoms with Crippen molar-refractivity contribution < 1.29 is 0 Å². The highest BCUT2D eigenvalue weighted by Crippen LogP contribution is 2.10. The molecule has 1 aromatic rings. The Balaban J connectivity index is 0.00000320. The van der Waals surface area contributed by atoms with E-state index in [0.717, 1.165) is 58.3 Å². The molecule has 6 nitrogen and oxygen atoms in total. The summed E-state index contributed by atoms with van der Waals surface area (Å²) in [5.41, 5.74) is 1.40. The monoisotopic (exact) mass is 528 g/mol. The van der Waals surface area contributed by atoms with Crippen LogP contribution in [0.3, 0.4) is 0 Å². The van der Waals surface area contributed by atoms with E-state index in [2.05, 4.69) is 76.1 Å². The molecule has 1 atom stereocenters. The summed E-state index contributed by atoms with van der Waals surface area (Å²) in [6.45, 7) is 17.6. The fourth-order valence-corrected chi connectivity index (χ4v) is 4.16. The number of nitrogens with one attached hydrogen (secondary N) is 1. The first-order valence-corrected chi connectivity index (χ1v) is 11.3. The standard InChI is InChI=1S/C23H40N6.HI/c1-4-24-23(25-18-21(2)19-27-12-10-26(3)11-13-27)29-16-14-28(15-17-29)20-22-8-6-5-7-9-22;/h5-9,21H,4,10-20H2,1-3H3,(H,24,25);1H. The highest BCUT2D eigenvalue weighted by atomic mass is 127. The van der Waals surface area contributed by atoms with Crippen LogP contribution in [-0.2, 0) is 6.54 Å². The van der Waals surface area contributed by atoms with Gasteiger partial charge < -0.3 is 20.0 Å². The van der Waals surface area contributed by atoms with E-state index in [4.69, 9.17) is 4.99 Å². The van der Waals surface area contributed by atoms with Gasteiger partial charge in [-0.3, -0.25) is 9.89 Å². The summed E-state index contributed by atoms with van der Waals surface area (Å²) in [6, 6.07) is 10.8. The predicted molar refractivity (Wildman–Crippen MR) is 138 cm³/mol. The molecule has 170 valence electrons. The number of hydrogen-bond acceptors (Lipinski definition) is 4. The zero-order valence-corrected chi connectivity index (χ0v) is 21.4. The van der Waals surface area contributed by atoms with Crippen molar-refractivity contribution in [3.63, 3.8) is 0 Å². The first kappa shape index (κ1) is 25.4. The Hall–Kier alpha value is -0.900. The van der Waals surface area contributed by atoms with Gasteiger partial charge >= 0.3 is 0 Å². The van der Waals surface area contributed by atoms with E-state index in [0.29, 0.717) is 5.92 Å². The summed E-state index contributed by atoms with van der Waals surface area (Å²) in [5, 5.41) is 3.52. The van der Waals surface area contributed by atoms with Gasteiger partial charge in [-0.25, -0.2) is 0 Å². The molecule has 2 aliphatic rings. The third kappa shape index (κ3) is 8.32. The van der Waals surface area contributed by atoms with Gasteiger partial charge in [0.25, 0.3) is 0 Å². The molecule has 0 aromatic heterocycles. The lowest BCUT2D eigenvalue weighted by Gasteiger charge is -2.37. The van der Waals surface area contributed by atoms with Crippen molar-refractivity contribution in [2.24, 2.45) is 10.9 Å². The molecule has 0 aliphatic carbocycles. The number of halogens is 1. The van der Waals surface area contributed by atoms with Crippen LogP contribution < -0.4 is 5.32 Å². The number of likely N-dealkylation sites (N-methyl/N-ethyl adjacent to an activating group) is 1. The van der Waals surface area contributed by atoms with Gasteiger partial charge in [0.15, 0.2) is 5.96 Å². The maximum atomic E-state index is 5.00. The van der Waals surface area contributed by atoms with Crippen LogP contribution in [0.2, 0.25) is 0 Å². The summed E-state index contributed by atoms with van der Waals surface area (Å²) >= 11 is 0. The molecule has 7 heteroatoms. The lowest BCUT2D eigenvalue weighted by atomic mass is 10.1. The van der Waals surface area contributed by atoms with Crippen LogP contribution in [-0.4, -0.2) is 105 Å². The normalized spacial score (nSPS) is 20.6. The van der Waals surface area contributed by atoms with Crippen LogP contribution in [0.15, 0.2) is 35.3 Å². The molecule has 1 N–H and O–H groups in total. The second-order valence-corrected chi connectivity index (χ2v) is 8.65. The zero-order valence-electron chi connectivity index (χ0n) is 19.1. The van der Waals surface area contributed by atoms with Gasteiger partial charge in [0, 0.05) is 78.5 Å². The first-order chi connectivity index (χ1) is 14.1. The fraction of sp³-hybridized carbons (Fsp3) is 0.696.